The SMILES string of the molecule is CN1CCN(C(=O)N2CCC3(CC2)C[C@H](c2ccccc2)C(=O)N3C)CC1. The maximum atomic E-state index is 12.9. The van der Waals surface area contributed by atoms with Crippen molar-refractivity contribution in [3.8, 4) is 0 Å². The molecular formula is C21H30N4O2. The van der Waals surface area contributed by atoms with Crippen LogP contribution in [-0.4, -0.2) is 90.4 Å². The Kier molecular flexibility index (Phi) is 4.84. The van der Waals surface area contributed by atoms with Gasteiger partial charge in [0.05, 0.1) is 5.92 Å². The molecule has 3 aliphatic heterocycles. The zero-order chi connectivity index (χ0) is 19.0. The van der Waals surface area contributed by atoms with Gasteiger partial charge in [-0.05, 0) is 31.9 Å². The summed E-state index contributed by atoms with van der Waals surface area (Å²) in [4.78, 5) is 34.0. The van der Waals surface area contributed by atoms with E-state index in [1.807, 2.05) is 39.9 Å². The number of carbonyl (C=O) groups is 2. The summed E-state index contributed by atoms with van der Waals surface area (Å²) >= 11 is 0. The molecule has 1 atom stereocenters. The summed E-state index contributed by atoms with van der Waals surface area (Å²) in [6.07, 6.45) is 2.61. The average molecular weight is 370 g/mol. The molecule has 0 saturated carbocycles. The Bertz CT molecular complexity index is 691. The van der Waals surface area contributed by atoms with Crippen LogP contribution in [0.4, 0.5) is 4.79 Å². The van der Waals surface area contributed by atoms with E-state index in [9.17, 15) is 9.59 Å². The molecule has 0 radical (unpaired) electrons. The first-order chi connectivity index (χ1) is 13.0. The first kappa shape index (κ1) is 18.3. The largest absolute Gasteiger partial charge is 0.339 e. The van der Waals surface area contributed by atoms with Crippen LogP contribution in [0.1, 0.15) is 30.7 Å². The van der Waals surface area contributed by atoms with Crippen LogP contribution in [-0.2, 0) is 4.79 Å². The van der Waals surface area contributed by atoms with E-state index in [0.717, 1.165) is 64.1 Å². The highest BCUT2D eigenvalue weighted by atomic mass is 16.2. The summed E-state index contributed by atoms with van der Waals surface area (Å²) in [5.74, 6) is 0.177. The predicted molar refractivity (Wildman–Crippen MR) is 105 cm³/mol. The number of likely N-dealkylation sites (N-methyl/N-ethyl adjacent to an activating group) is 2. The molecule has 3 aliphatic rings. The van der Waals surface area contributed by atoms with E-state index in [4.69, 9.17) is 0 Å². The minimum Gasteiger partial charge on any atom is -0.339 e. The van der Waals surface area contributed by atoms with Gasteiger partial charge in [-0.3, -0.25) is 4.79 Å². The lowest BCUT2D eigenvalue weighted by atomic mass is 9.81. The number of carbonyl (C=O) groups excluding carboxylic acids is 2. The number of amides is 3. The van der Waals surface area contributed by atoms with Crippen LogP contribution in [0.25, 0.3) is 0 Å². The molecule has 6 heteroatoms. The summed E-state index contributed by atoms with van der Waals surface area (Å²) in [6.45, 7) is 4.99. The van der Waals surface area contributed by atoms with Crippen LogP contribution < -0.4 is 0 Å². The third-order valence-electron chi connectivity index (χ3n) is 6.86. The maximum absolute atomic E-state index is 12.9. The van der Waals surface area contributed by atoms with Gasteiger partial charge in [0.15, 0.2) is 0 Å². The van der Waals surface area contributed by atoms with Gasteiger partial charge in [-0.2, -0.15) is 0 Å². The monoisotopic (exact) mass is 370 g/mol. The number of hydrogen-bond donors (Lipinski definition) is 0. The molecule has 0 N–H and O–H groups in total. The average Bonchev–Trinajstić information content (AvgIpc) is 2.95. The summed E-state index contributed by atoms with van der Waals surface area (Å²) in [5, 5.41) is 0. The molecule has 0 aromatic heterocycles. The van der Waals surface area contributed by atoms with Crippen molar-refractivity contribution in [3.05, 3.63) is 35.9 Å². The third-order valence-corrected chi connectivity index (χ3v) is 6.86. The number of urea groups is 1. The molecule has 3 fully saturated rings. The van der Waals surface area contributed by atoms with Crippen molar-refractivity contribution in [1.29, 1.82) is 0 Å². The van der Waals surface area contributed by atoms with Gasteiger partial charge in [0.25, 0.3) is 0 Å². The molecule has 4 rings (SSSR count). The molecule has 3 heterocycles. The van der Waals surface area contributed by atoms with Crippen LogP contribution >= 0.6 is 0 Å². The molecule has 3 saturated heterocycles. The van der Waals surface area contributed by atoms with E-state index in [-0.39, 0.29) is 23.4 Å². The molecule has 1 spiro atoms. The number of hydrogen-bond acceptors (Lipinski definition) is 3. The highest BCUT2D eigenvalue weighted by Gasteiger charge is 2.51. The molecule has 6 nitrogen and oxygen atoms in total. The summed E-state index contributed by atoms with van der Waals surface area (Å²) in [6, 6.07) is 10.3. The van der Waals surface area contributed by atoms with E-state index in [1.165, 1.54) is 0 Å². The summed E-state index contributed by atoms with van der Waals surface area (Å²) in [7, 11) is 4.05. The topological polar surface area (TPSA) is 47.1 Å². The lowest BCUT2D eigenvalue weighted by Gasteiger charge is -2.45. The standard InChI is InChI=1S/C21H30N4O2/c1-22-12-14-25(15-13-22)20(27)24-10-8-21(9-11-24)16-18(19(26)23(21)2)17-6-4-3-5-7-17/h3-7,18H,8-16H2,1-2H3/t18-/m1/s1. The Morgan fingerprint density at radius 2 is 1.52 bits per heavy atom. The van der Waals surface area contributed by atoms with Gasteiger partial charge in [-0.1, -0.05) is 30.3 Å². The van der Waals surface area contributed by atoms with Crippen LogP contribution in [0.2, 0.25) is 0 Å². The molecule has 3 amide bonds. The minimum absolute atomic E-state index is 0.0453. The number of piperazine rings is 1. The van der Waals surface area contributed by atoms with Gasteiger partial charge in [0.1, 0.15) is 0 Å². The molecule has 1 aromatic rings. The quantitative estimate of drug-likeness (QED) is 0.758. The zero-order valence-electron chi connectivity index (χ0n) is 16.4. The Hall–Kier alpha value is -2.08. The van der Waals surface area contributed by atoms with E-state index in [2.05, 4.69) is 24.1 Å². The summed E-state index contributed by atoms with van der Waals surface area (Å²) < 4.78 is 0. The molecule has 0 aliphatic carbocycles. The van der Waals surface area contributed by atoms with Crippen LogP contribution in [0.15, 0.2) is 30.3 Å². The number of benzene rings is 1. The predicted octanol–water partition coefficient (Wildman–Crippen LogP) is 1.83. The van der Waals surface area contributed by atoms with Crippen LogP contribution in [0.3, 0.4) is 0 Å². The molecule has 1 aromatic carbocycles. The third kappa shape index (κ3) is 3.31. The second-order valence-corrected chi connectivity index (χ2v) is 8.35. The van der Waals surface area contributed by atoms with E-state index in [0.29, 0.717) is 0 Å². The van der Waals surface area contributed by atoms with Crippen molar-refractivity contribution in [3.63, 3.8) is 0 Å². The molecule has 0 unspecified atom stereocenters. The van der Waals surface area contributed by atoms with Gasteiger partial charge in [-0.25, -0.2) is 4.79 Å². The highest BCUT2D eigenvalue weighted by Crippen LogP contribution is 2.44. The lowest BCUT2D eigenvalue weighted by Crippen LogP contribution is -2.57. The Balaban J connectivity index is 1.41. The van der Waals surface area contributed by atoms with E-state index >= 15 is 0 Å². The maximum Gasteiger partial charge on any atom is 0.320 e. The van der Waals surface area contributed by atoms with Crippen LogP contribution in [0.5, 0.6) is 0 Å². The number of nitrogens with zero attached hydrogens (tertiary/aromatic N) is 4. The number of rotatable bonds is 1. The van der Waals surface area contributed by atoms with Crippen LogP contribution in [0, 0.1) is 0 Å². The van der Waals surface area contributed by atoms with Gasteiger partial charge < -0.3 is 19.6 Å². The summed E-state index contributed by atoms with van der Waals surface area (Å²) in [5.41, 5.74) is 1.01. The first-order valence-electron chi connectivity index (χ1n) is 10.1. The van der Waals surface area contributed by atoms with Crippen molar-refractivity contribution in [2.24, 2.45) is 0 Å². The van der Waals surface area contributed by atoms with Gasteiger partial charge in [0.2, 0.25) is 5.91 Å². The van der Waals surface area contributed by atoms with Gasteiger partial charge in [-0.15, -0.1) is 0 Å². The number of likely N-dealkylation sites (tertiary alicyclic amines) is 2. The van der Waals surface area contributed by atoms with Gasteiger partial charge >= 0.3 is 6.03 Å². The Morgan fingerprint density at radius 3 is 2.15 bits per heavy atom. The fraction of sp³-hybridized carbons (Fsp3) is 0.619. The van der Waals surface area contributed by atoms with Crippen molar-refractivity contribution >= 4 is 11.9 Å². The fourth-order valence-corrected chi connectivity index (χ4v) is 4.87. The molecular weight excluding hydrogens is 340 g/mol. The Morgan fingerprint density at radius 1 is 0.926 bits per heavy atom. The fourth-order valence-electron chi connectivity index (χ4n) is 4.87. The molecule has 0 bridgehead atoms. The minimum atomic E-state index is -0.101. The van der Waals surface area contributed by atoms with Crippen molar-refractivity contribution in [2.45, 2.75) is 30.7 Å². The number of piperidine rings is 1. The van der Waals surface area contributed by atoms with Crippen molar-refractivity contribution in [2.75, 3.05) is 53.4 Å². The molecule has 146 valence electrons. The van der Waals surface area contributed by atoms with Crippen molar-refractivity contribution in [1.82, 2.24) is 19.6 Å². The second kappa shape index (κ2) is 7.15. The van der Waals surface area contributed by atoms with E-state index in [1.54, 1.807) is 0 Å². The second-order valence-electron chi connectivity index (χ2n) is 8.35. The highest BCUT2D eigenvalue weighted by molar-refractivity contribution is 5.87. The zero-order valence-corrected chi connectivity index (χ0v) is 16.4. The van der Waals surface area contributed by atoms with Gasteiger partial charge in [0, 0.05) is 51.9 Å². The van der Waals surface area contributed by atoms with E-state index < -0.39 is 0 Å². The smallest absolute Gasteiger partial charge is 0.320 e. The lowest BCUT2D eigenvalue weighted by molar-refractivity contribution is -0.131. The van der Waals surface area contributed by atoms with Crippen molar-refractivity contribution < 1.29 is 9.59 Å². The molecule has 27 heavy (non-hydrogen) atoms. The normalized spacial score (nSPS) is 26.1. The Labute approximate surface area is 161 Å². The first-order valence-corrected chi connectivity index (χ1v) is 10.1.